The summed E-state index contributed by atoms with van der Waals surface area (Å²) in [6, 6.07) is 6.83. The number of carbonyl (C=O) groups excluding carboxylic acids is 3. The van der Waals surface area contributed by atoms with E-state index in [2.05, 4.69) is 10.3 Å². The van der Waals surface area contributed by atoms with Crippen LogP contribution in [0.4, 0.5) is 8.78 Å². The molecule has 2 aromatic heterocycles. The van der Waals surface area contributed by atoms with E-state index in [1.165, 1.54) is 12.1 Å². The highest BCUT2D eigenvalue weighted by molar-refractivity contribution is 7.52. The summed E-state index contributed by atoms with van der Waals surface area (Å²) in [5.41, 5.74) is -4.19. The van der Waals surface area contributed by atoms with Gasteiger partial charge in [-0.1, -0.05) is 12.1 Å². The SMILES string of the molecule is COc1ccc(C2CCN(C(=O)[C@@H]3CC[C@@H]4C[C@H]5C[C@H]5C[C@H](NC(=O)c5cc6cc(C(F)(F)P(=O)(O)O)ccc6s5)C(=O)N43)C2)cn1. The molecule has 1 aliphatic carbocycles. The number of pyridine rings is 1. The predicted molar refractivity (Wildman–Crippen MR) is 168 cm³/mol. The van der Waals surface area contributed by atoms with E-state index in [1.54, 1.807) is 24.3 Å². The van der Waals surface area contributed by atoms with Crippen LogP contribution in [0.5, 0.6) is 5.88 Å². The lowest BCUT2D eigenvalue weighted by Crippen LogP contribution is -2.56. The molecule has 3 aliphatic heterocycles. The predicted octanol–water partition coefficient (Wildman–Crippen LogP) is 4.44. The van der Waals surface area contributed by atoms with Gasteiger partial charge in [-0.3, -0.25) is 18.9 Å². The lowest BCUT2D eigenvalue weighted by atomic mass is 9.99. The Labute approximate surface area is 273 Å². The molecule has 3 N–H and O–H groups in total. The monoisotopic (exact) mass is 688 g/mol. The summed E-state index contributed by atoms with van der Waals surface area (Å²) in [6.45, 7) is 1.12. The highest BCUT2D eigenvalue weighted by Gasteiger charge is 2.53. The average Bonchev–Trinajstić information content (AvgIpc) is 3.43. The van der Waals surface area contributed by atoms with E-state index >= 15 is 0 Å². The van der Waals surface area contributed by atoms with Crippen LogP contribution in [0, 0.1) is 11.8 Å². The summed E-state index contributed by atoms with van der Waals surface area (Å²) in [5, 5.41) is 3.12. The summed E-state index contributed by atoms with van der Waals surface area (Å²) < 4.78 is 45.6. The van der Waals surface area contributed by atoms with E-state index in [4.69, 9.17) is 14.5 Å². The van der Waals surface area contributed by atoms with E-state index in [1.807, 2.05) is 11.0 Å². The summed E-state index contributed by atoms with van der Waals surface area (Å²) >= 11 is 1.04. The average molecular weight is 689 g/mol. The Kier molecular flexibility index (Phi) is 8.13. The fourth-order valence-corrected chi connectivity index (χ4v) is 8.99. The maximum absolute atomic E-state index is 14.3. The molecule has 1 aromatic carbocycles. The van der Waals surface area contributed by atoms with Crippen molar-refractivity contribution >= 4 is 46.7 Å². The molecule has 11 nitrogen and oxygen atoms in total. The number of fused-ring (bicyclic) bond motifs is 3. The standard InChI is InChI=1S/C32H35F2N4O7PS/c1-45-28-7-2-17(15-35-28)18-8-9-37(16-18)31(41)25-5-4-23-12-19-10-20(19)13-24(30(40)38(23)25)36-29(39)27-14-21-11-22(3-6-26(21)47-27)32(33,34)46(42,43)44/h2-3,6-7,11,14-15,18-20,23-25H,4-5,8-10,12-13,16H2,1H3,(H,36,39)(H2,42,43,44)/t18?,19-,20+,23-,24+,25+/m1/s1. The summed E-state index contributed by atoms with van der Waals surface area (Å²) in [4.78, 5) is 67.9. The molecule has 250 valence electrons. The van der Waals surface area contributed by atoms with Crippen molar-refractivity contribution in [3.8, 4) is 5.88 Å². The molecule has 7 rings (SSSR count). The van der Waals surface area contributed by atoms with Gasteiger partial charge in [0.05, 0.1) is 12.0 Å². The van der Waals surface area contributed by atoms with Crippen molar-refractivity contribution in [3.05, 3.63) is 58.6 Å². The van der Waals surface area contributed by atoms with Crippen molar-refractivity contribution in [1.29, 1.82) is 0 Å². The van der Waals surface area contributed by atoms with Crippen molar-refractivity contribution in [2.24, 2.45) is 11.8 Å². The zero-order chi connectivity index (χ0) is 33.2. The van der Waals surface area contributed by atoms with Crippen molar-refractivity contribution < 1.29 is 42.3 Å². The first kappa shape index (κ1) is 32.1. The van der Waals surface area contributed by atoms with Gasteiger partial charge in [0.25, 0.3) is 5.91 Å². The maximum atomic E-state index is 14.3. The Morgan fingerprint density at radius 2 is 1.87 bits per heavy atom. The number of benzene rings is 1. The second-order valence-electron chi connectivity index (χ2n) is 13.1. The zero-order valence-electron chi connectivity index (χ0n) is 25.6. The molecule has 4 aliphatic rings. The maximum Gasteiger partial charge on any atom is 0.399 e. The second-order valence-corrected chi connectivity index (χ2v) is 15.8. The molecule has 1 saturated carbocycles. The second kappa shape index (κ2) is 11.9. The third-order valence-corrected chi connectivity index (χ3v) is 12.3. The Morgan fingerprint density at radius 1 is 1.09 bits per heavy atom. The molecule has 3 amide bonds. The van der Waals surface area contributed by atoms with Crippen LogP contribution < -0.4 is 10.1 Å². The number of carbonyl (C=O) groups is 3. The molecule has 3 aromatic rings. The number of aromatic nitrogens is 1. The smallest absolute Gasteiger partial charge is 0.399 e. The molecule has 0 bridgehead atoms. The van der Waals surface area contributed by atoms with Crippen LogP contribution in [0.15, 0.2) is 42.6 Å². The van der Waals surface area contributed by atoms with E-state index in [-0.39, 0.29) is 34.0 Å². The minimum atomic E-state index is -5.76. The van der Waals surface area contributed by atoms with Crippen LogP contribution in [0.3, 0.4) is 0 Å². The largest absolute Gasteiger partial charge is 0.481 e. The Morgan fingerprint density at radius 3 is 2.60 bits per heavy atom. The number of likely N-dealkylation sites (tertiary alicyclic amines) is 1. The van der Waals surface area contributed by atoms with Crippen LogP contribution in [0.2, 0.25) is 0 Å². The number of rotatable bonds is 7. The molecule has 47 heavy (non-hydrogen) atoms. The van der Waals surface area contributed by atoms with Gasteiger partial charge in [0.1, 0.15) is 12.1 Å². The lowest BCUT2D eigenvalue weighted by molar-refractivity contribution is -0.146. The molecule has 3 saturated heterocycles. The number of nitrogens with zero attached hydrogens (tertiary/aromatic N) is 3. The molecular formula is C32H35F2N4O7PS. The highest BCUT2D eigenvalue weighted by atomic mass is 32.1. The van der Waals surface area contributed by atoms with Gasteiger partial charge in [-0.25, -0.2) is 4.98 Å². The number of methoxy groups -OCH3 is 1. The van der Waals surface area contributed by atoms with Gasteiger partial charge in [0, 0.05) is 47.6 Å². The first-order valence-electron chi connectivity index (χ1n) is 15.7. The minimum absolute atomic E-state index is 0.0739. The number of thiophene rings is 1. The fourth-order valence-electron chi connectivity index (χ4n) is 7.57. The van der Waals surface area contributed by atoms with Gasteiger partial charge in [-0.05, 0) is 79.5 Å². The normalized spacial score (nSPS) is 27.6. The molecule has 6 atom stereocenters. The minimum Gasteiger partial charge on any atom is -0.481 e. The zero-order valence-corrected chi connectivity index (χ0v) is 27.3. The van der Waals surface area contributed by atoms with E-state index in [0.717, 1.165) is 54.7 Å². The number of halogens is 2. The Balaban J connectivity index is 1.07. The Bertz CT molecular complexity index is 1780. The number of ether oxygens (including phenoxy) is 1. The molecule has 0 spiro atoms. The van der Waals surface area contributed by atoms with E-state index in [9.17, 15) is 27.7 Å². The van der Waals surface area contributed by atoms with Gasteiger partial charge in [0.15, 0.2) is 0 Å². The van der Waals surface area contributed by atoms with Crippen LogP contribution in [0.25, 0.3) is 10.1 Å². The Hall–Kier alpha value is -3.45. The molecule has 5 heterocycles. The molecule has 15 heteroatoms. The summed E-state index contributed by atoms with van der Waals surface area (Å²) in [6.07, 6.45) is 6.13. The molecular weight excluding hydrogens is 653 g/mol. The van der Waals surface area contributed by atoms with Gasteiger partial charge < -0.3 is 29.6 Å². The first-order chi connectivity index (χ1) is 22.3. The van der Waals surface area contributed by atoms with Crippen molar-refractivity contribution in [2.75, 3.05) is 20.2 Å². The van der Waals surface area contributed by atoms with Gasteiger partial charge in [-0.2, -0.15) is 8.78 Å². The van der Waals surface area contributed by atoms with Crippen molar-refractivity contribution in [3.63, 3.8) is 0 Å². The van der Waals surface area contributed by atoms with Gasteiger partial charge >= 0.3 is 13.3 Å². The van der Waals surface area contributed by atoms with Crippen LogP contribution >= 0.6 is 18.9 Å². The fraction of sp³-hybridized carbons (Fsp3) is 0.500. The van der Waals surface area contributed by atoms with Crippen LogP contribution in [-0.4, -0.2) is 80.6 Å². The summed E-state index contributed by atoms with van der Waals surface area (Å²) in [7, 11) is -4.20. The van der Waals surface area contributed by atoms with Crippen molar-refractivity contribution in [1.82, 2.24) is 20.1 Å². The van der Waals surface area contributed by atoms with Crippen molar-refractivity contribution in [2.45, 2.75) is 68.2 Å². The third kappa shape index (κ3) is 5.94. The number of hydrogen-bond donors (Lipinski definition) is 3. The number of alkyl halides is 2. The van der Waals surface area contributed by atoms with Gasteiger partial charge in [-0.15, -0.1) is 11.3 Å². The number of amides is 3. The molecule has 4 fully saturated rings. The summed E-state index contributed by atoms with van der Waals surface area (Å²) in [5.74, 6) is 0.507. The van der Waals surface area contributed by atoms with E-state index < -0.39 is 36.8 Å². The number of hydrogen-bond acceptors (Lipinski definition) is 7. The third-order valence-electron chi connectivity index (χ3n) is 10.2. The highest BCUT2D eigenvalue weighted by Crippen LogP contribution is 2.59. The van der Waals surface area contributed by atoms with Crippen LogP contribution in [0.1, 0.15) is 65.2 Å². The van der Waals surface area contributed by atoms with Gasteiger partial charge in [0.2, 0.25) is 17.7 Å². The topological polar surface area (TPSA) is 149 Å². The molecule has 0 radical (unpaired) electrons. The number of nitrogens with one attached hydrogen (secondary N) is 1. The molecule has 1 unspecified atom stereocenters. The quantitative estimate of drug-likeness (QED) is 0.309. The van der Waals surface area contributed by atoms with Crippen LogP contribution in [-0.2, 0) is 19.8 Å². The lowest BCUT2D eigenvalue weighted by Gasteiger charge is -2.36. The van der Waals surface area contributed by atoms with E-state index in [0.29, 0.717) is 48.3 Å². The first-order valence-corrected chi connectivity index (χ1v) is 18.2.